The molecule has 0 unspecified atom stereocenters. The summed E-state index contributed by atoms with van der Waals surface area (Å²) in [5, 5.41) is 0.505. The van der Waals surface area contributed by atoms with Crippen LogP contribution >= 0.6 is 11.6 Å². The van der Waals surface area contributed by atoms with E-state index in [0.717, 1.165) is 11.3 Å². The quantitative estimate of drug-likeness (QED) is 0.734. The lowest BCUT2D eigenvalue weighted by Gasteiger charge is -2.10. The van der Waals surface area contributed by atoms with E-state index in [9.17, 15) is 0 Å². The molecule has 3 heteroatoms. The minimum atomic E-state index is 0.444. The topological polar surface area (TPSA) is 25.8 Å². The molecule has 0 aliphatic rings. The van der Waals surface area contributed by atoms with Gasteiger partial charge in [-0.1, -0.05) is 31.5 Å². The van der Waals surface area contributed by atoms with Gasteiger partial charge in [0.05, 0.1) is 5.69 Å². The number of hydrogen-bond acceptors (Lipinski definition) is 2. The second-order valence-electron chi connectivity index (χ2n) is 3.97. The van der Waals surface area contributed by atoms with Crippen LogP contribution in [-0.4, -0.2) is 9.97 Å². The van der Waals surface area contributed by atoms with Crippen LogP contribution in [0.15, 0.2) is 36.7 Å². The van der Waals surface area contributed by atoms with Crippen molar-refractivity contribution in [2.24, 2.45) is 0 Å². The highest BCUT2D eigenvalue weighted by Crippen LogP contribution is 2.26. The number of hydrogen-bond donors (Lipinski definition) is 0. The average molecular weight is 233 g/mol. The minimum absolute atomic E-state index is 0.444. The van der Waals surface area contributed by atoms with E-state index >= 15 is 0 Å². The molecule has 0 radical (unpaired) electrons. The van der Waals surface area contributed by atoms with Crippen molar-refractivity contribution in [3.63, 3.8) is 0 Å². The molecule has 2 heterocycles. The molecule has 16 heavy (non-hydrogen) atoms. The standard InChI is InChI=1S/C13H13ClN2/c1-9(2)11-4-3-7-15-13(11)10-5-6-12(14)16-8-10/h3-9H,1-2H3. The first-order chi connectivity index (χ1) is 7.68. The van der Waals surface area contributed by atoms with Gasteiger partial charge in [-0.05, 0) is 29.7 Å². The largest absolute Gasteiger partial charge is 0.256 e. The van der Waals surface area contributed by atoms with E-state index < -0.39 is 0 Å². The number of pyridine rings is 2. The lowest BCUT2D eigenvalue weighted by molar-refractivity contribution is 0.861. The highest BCUT2D eigenvalue weighted by atomic mass is 35.5. The monoisotopic (exact) mass is 232 g/mol. The van der Waals surface area contributed by atoms with Crippen LogP contribution in [0.1, 0.15) is 25.3 Å². The molecule has 0 amide bonds. The van der Waals surface area contributed by atoms with Crippen LogP contribution in [0, 0.1) is 0 Å². The van der Waals surface area contributed by atoms with Gasteiger partial charge in [0.2, 0.25) is 0 Å². The van der Waals surface area contributed by atoms with Gasteiger partial charge < -0.3 is 0 Å². The van der Waals surface area contributed by atoms with Crippen molar-refractivity contribution >= 4 is 11.6 Å². The van der Waals surface area contributed by atoms with Crippen LogP contribution in [0.2, 0.25) is 5.15 Å². The summed E-state index contributed by atoms with van der Waals surface area (Å²) in [7, 11) is 0. The third kappa shape index (κ3) is 2.22. The molecule has 0 atom stereocenters. The first-order valence-corrected chi connectivity index (χ1v) is 5.63. The molecule has 0 aliphatic carbocycles. The third-order valence-corrected chi connectivity index (χ3v) is 2.69. The summed E-state index contributed by atoms with van der Waals surface area (Å²) in [6, 6.07) is 7.79. The van der Waals surface area contributed by atoms with E-state index in [4.69, 9.17) is 11.6 Å². The second kappa shape index (κ2) is 4.62. The van der Waals surface area contributed by atoms with Crippen molar-refractivity contribution < 1.29 is 0 Å². The molecule has 2 nitrogen and oxygen atoms in total. The highest BCUT2D eigenvalue weighted by molar-refractivity contribution is 6.29. The van der Waals surface area contributed by atoms with Gasteiger partial charge in [0.25, 0.3) is 0 Å². The zero-order valence-electron chi connectivity index (χ0n) is 9.31. The van der Waals surface area contributed by atoms with Crippen LogP contribution in [0.3, 0.4) is 0 Å². The van der Waals surface area contributed by atoms with Crippen molar-refractivity contribution in [2.75, 3.05) is 0 Å². The molecule has 0 N–H and O–H groups in total. The molecule has 0 aliphatic heterocycles. The molecular weight excluding hydrogens is 220 g/mol. The van der Waals surface area contributed by atoms with Gasteiger partial charge in [-0.3, -0.25) is 4.98 Å². The van der Waals surface area contributed by atoms with E-state index in [0.29, 0.717) is 11.1 Å². The van der Waals surface area contributed by atoms with E-state index in [1.807, 2.05) is 12.1 Å². The molecule has 0 spiro atoms. The summed E-state index contributed by atoms with van der Waals surface area (Å²) in [5.74, 6) is 0.444. The molecule has 0 saturated carbocycles. The molecule has 0 saturated heterocycles. The van der Waals surface area contributed by atoms with Crippen molar-refractivity contribution in [1.29, 1.82) is 0 Å². The fraction of sp³-hybridized carbons (Fsp3) is 0.231. The van der Waals surface area contributed by atoms with Crippen LogP contribution < -0.4 is 0 Å². The maximum Gasteiger partial charge on any atom is 0.129 e. The van der Waals surface area contributed by atoms with Crippen LogP contribution in [0.5, 0.6) is 0 Å². The summed E-state index contributed by atoms with van der Waals surface area (Å²) in [5.41, 5.74) is 3.22. The molecule has 82 valence electrons. The normalized spacial score (nSPS) is 10.8. The van der Waals surface area contributed by atoms with Crippen molar-refractivity contribution in [2.45, 2.75) is 19.8 Å². The molecule has 0 fully saturated rings. The van der Waals surface area contributed by atoms with Crippen molar-refractivity contribution in [3.8, 4) is 11.3 Å². The summed E-state index contributed by atoms with van der Waals surface area (Å²) < 4.78 is 0. The number of aromatic nitrogens is 2. The van der Waals surface area contributed by atoms with Crippen molar-refractivity contribution in [3.05, 3.63) is 47.4 Å². The summed E-state index contributed by atoms with van der Waals surface area (Å²) in [6.45, 7) is 4.31. The molecule has 2 rings (SSSR count). The van der Waals surface area contributed by atoms with Gasteiger partial charge in [-0.25, -0.2) is 4.98 Å². The van der Waals surface area contributed by atoms with Crippen LogP contribution in [-0.2, 0) is 0 Å². The van der Waals surface area contributed by atoms with Crippen LogP contribution in [0.25, 0.3) is 11.3 Å². The first kappa shape index (κ1) is 11.1. The number of halogens is 1. The Hall–Kier alpha value is -1.41. The minimum Gasteiger partial charge on any atom is -0.256 e. The van der Waals surface area contributed by atoms with Gasteiger partial charge in [-0.2, -0.15) is 0 Å². The summed E-state index contributed by atoms with van der Waals surface area (Å²) in [4.78, 5) is 8.50. The molecule has 0 aromatic carbocycles. The summed E-state index contributed by atoms with van der Waals surface area (Å²) >= 11 is 5.77. The maximum absolute atomic E-state index is 5.77. The molecule has 0 bridgehead atoms. The fourth-order valence-electron chi connectivity index (χ4n) is 1.64. The first-order valence-electron chi connectivity index (χ1n) is 5.25. The van der Waals surface area contributed by atoms with Gasteiger partial charge in [0.15, 0.2) is 0 Å². The lowest BCUT2D eigenvalue weighted by Crippen LogP contribution is -1.95. The SMILES string of the molecule is CC(C)c1cccnc1-c1ccc(Cl)nc1. The predicted molar refractivity (Wildman–Crippen MR) is 66.6 cm³/mol. The van der Waals surface area contributed by atoms with Gasteiger partial charge in [0, 0.05) is 18.0 Å². The number of nitrogens with zero attached hydrogens (tertiary/aromatic N) is 2. The van der Waals surface area contributed by atoms with Gasteiger partial charge in [0.1, 0.15) is 5.15 Å². The van der Waals surface area contributed by atoms with E-state index in [2.05, 4.69) is 29.9 Å². The summed E-state index contributed by atoms with van der Waals surface area (Å²) in [6.07, 6.45) is 3.56. The van der Waals surface area contributed by atoms with Crippen molar-refractivity contribution in [1.82, 2.24) is 9.97 Å². The van der Waals surface area contributed by atoms with Gasteiger partial charge >= 0.3 is 0 Å². The molecular formula is C13H13ClN2. The molecule has 2 aromatic heterocycles. The Bertz CT molecular complexity index is 478. The van der Waals surface area contributed by atoms with E-state index in [1.165, 1.54) is 5.56 Å². The number of rotatable bonds is 2. The van der Waals surface area contributed by atoms with E-state index in [1.54, 1.807) is 18.5 Å². The second-order valence-corrected chi connectivity index (χ2v) is 4.35. The third-order valence-electron chi connectivity index (χ3n) is 2.46. The van der Waals surface area contributed by atoms with Gasteiger partial charge in [-0.15, -0.1) is 0 Å². The van der Waals surface area contributed by atoms with E-state index in [-0.39, 0.29) is 0 Å². The Kier molecular flexibility index (Phi) is 3.20. The smallest absolute Gasteiger partial charge is 0.129 e. The maximum atomic E-state index is 5.77. The zero-order chi connectivity index (χ0) is 11.5. The Balaban J connectivity index is 2.51. The Morgan fingerprint density at radius 3 is 2.56 bits per heavy atom. The highest BCUT2D eigenvalue weighted by Gasteiger charge is 2.09. The lowest BCUT2D eigenvalue weighted by atomic mass is 9.98. The average Bonchev–Trinajstić information content (AvgIpc) is 2.30. The Morgan fingerprint density at radius 1 is 1.12 bits per heavy atom. The fourth-order valence-corrected chi connectivity index (χ4v) is 1.75. The predicted octanol–water partition coefficient (Wildman–Crippen LogP) is 3.92. The Labute approximate surface area is 100 Å². The Morgan fingerprint density at radius 2 is 1.94 bits per heavy atom. The van der Waals surface area contributed by atoms with Crippen LogP contribution in [0.4, 0.5) is 0 Å². The zero-order valence-corrected chi connectivity index (χ0v) is 10.1. The molecule has 2 aromatic rings.